The first-order valence-corrected chi connectivity index (χ1v) is 9.35. The van der Waals surface area contributed by atoms with Crippen LogP contribution in [-0.4, -0.2) is 118 Å². The SMILES string of the molecule is CC(C)(C)C(CN(CCN(CC(=O)[O-])CC(=O)O)CC(=O)O)N(CC(=O)[O-])CC(=O)O. The van der Waals surface area contributed by atoms with Gasteiger partial charge in [0.05, 0.1) is 31.6 Å². The summed E-state index contributed by atoms with van der Waals surface area (Å²) in [5.74, 6) is -6.77. The molecule has 0 radical (unpaired) electrons. The number of hydrogen-bond acceptors (Lipinski definition) is 10. The molecule has 0 aliphatic rings. The van der Waals surface area contributed by atoms with Crippen LogP contribution < -0.4 is 10.2 Å². The van der Waals surface area contributed by atoms with Crippen LogP contribution in [0.15, 0.2) is 0 Å². The van der Waals surface area contributed by atoms with E-state index in [1.165, 1.54) is 4.90 Å². The molecule has 0 heterocycles. The number of aliphatic carboxylic acids is 5. The number of carbonyl (C=O) groups is 5. The minimum absolute atomic E-state index is 0.0638. The maximum Gasteiger partial charge on any atom is 0.317 e. The summed E-state index contributed by atoms with van der Waals surface area (Å²) in [6.45, 7) is 1.84. The predicted octanol–water partition coefficient (Wildman–Crippen LogP) is -3.94. The Balaban J connectivity index is 5.64. The molecule has 0 fully saturated rings. The van der Waals surface area contributed by atoms with Crippen LogP contribution in [0.4, 0.5) is 0 Å². The molecule has 1 unspecified atom stereocenters. The van der Waals surface area contributed by atoms with Gasteiger partial charge in [0.1, 0.15) is 0 Å². The van der Waals surface area contributed by atoms with Crippen molar-refractivity contribution in [1.82, 2.24) is 14.7 Å². The van der Waals surface area contributed by atoms with Crippen molar-refractivity contribution >= 4 is 29.8 Å². The van der Waals surface area contributed by atoms with Crippen LogP contribution in [0.1, 0.15) is 20.8 Å². The molecule has 0 spiro atoms. The van der Waals surface area contributed by atoms with Crippen molar-refractivity contribution < 1.29 is 49.5 Å². The highest BCUT2D eigenvalue weighted by atomic mass is 16.4. The van der Waals surface area contributed by atoms with Crippen molar-refractivity contribution in [2.24, 2.45) is 5.41 Å². The molecule has 0 aliphatic heterocycles. The molecule has 0 aliphatic carbocycles. The summed E-state index contributed by atoms with van der Waals surface area (Å²) in [6, 6.07) is -0.727. The molecule has 0 saturated carbocycles. The summed E-state index contributed by atoms with van der Waals surface area (Å²) in [5, 5.41) is 49.3. The van der Waals surface area contributed by atoms with Crippen LogP contribution in [-0.2, 0) is 24.0 Å². The number of hydrogen-bond donors (Lipinski definition) is 3. The maximum absolute atomic E-state index is 11.3. The summed E-state index contributed by atoms with van der Waals surface area (Å²) in [5.41, 5.74) is -0.673. The molecule has 0 bridgehead atoms. The van der Waals surface area contributed by atoms with Crippen molar-refractivity contribution in [1.29, 1.82) is 0 Å². The average molecular weight is 447 g/mol. The van der Waals surface area contributed by atoms with Gasteiger partial charge in [0, 0.05) is 38.8 Å². The first kappa shape index (κ1) is 28.2. The smallest absolute Gasteiger partial charge is 0.317 e. The molecule has 0 rings (SSSR count). The largest absolute Gasteiger partial charge is 0.549 e. The summed E-state index contributed by atoms with van der Waals surface area (Å²) in [6.07, 6.45) is 0. The molecule has 13 nitrogen and oxygen atoms in total. The van der Waals surface area contributed by atoms with Crippen LogP contribution in [0.2, 0.25) is 0 Å². The number of carboxylic acid groups (broad SMARTS) is 5. The lowest BCUT2D eigenvalue weighted by molar-refractivity contribution is -0.307. The molecule has 0 amide bonds. The Morgan fingerprint density at radius 3 is 1.52 bits per heavy atom. The van der Waals surface area contributed by atoms with Gasteiger partial charge in [-0.3, -0.25) is 29.1 Å². The molecule has 13 heteroatoms. The molecule has 0 aromatic heterocycles. The number of nitrogens with zero attached hydrogens (tertiary/aromatic N) is 3. The third kappa shape index (κ3) is 13.2. The van der Waals surface area contributed by atoms with E-state index in [9.17, 15) is 39.3 Å². The second-order valence-corrected chi connectivity index (χ2v) is 8.16. The van der Waals surface area contributed by atoms with Crippen molar-refractivity contribution in [3.63, 3.8) is 0 Å². The number of carbonyl (C=O) groups excluding carboxylic acids is 2. The Morgan fingerprint density at radius 2 is 1.13 bits per heavy atom. The monoisotopic (exact) mass is 447 g/mol. The van der Waals surface area contributed by atoms with E-state index in [0.717, 1.165) is 9.80 Å². The Bertz CT molecular complexity index is 629. The van der Waals surface area contributed by atoms with Gasteiger partial charge in [0.25, 0.3) is 0 Å². The van der Waals surface area contributed by atoms with E-state index >= 15 is 0 Å². The summed E-state index contributed by atoms with van der Waals surface area (Å²) in [4.78, 5) is 59.0. The molecule has 3 N–H and O–H groups in total. The van der Waals surface area contributed by atoms with Crippen LogP contribution in [0.5, 0.6) is 0 Å². The van der Waals surface area contributed by atoms with E-state index in [4.69, 9.17) is 10.2 Å². The standard InChI is InChI=1S/C18H31N3O10/c1-18(2,3)12(21(10-16(28)29)11-17(30)31)6-19(7-13(22)23)4-5-20(8-14(24)25)9-15(26)27/h12H,4-11H2,1-3H3,(H,22,23)(H,24,25)(H,26,27)(H,28,29)(H,30,31)/p-2. The fourth-order valence-corrected chi connectivity index (χ4v) is 3.09. The third-order valence-electron chi connectivity index (χ3n) is 4.35. The van der Waals surface area contributed by atoms with E-state index < -0.39 is 74.0 Å². The number of rotatable bonds is 16. The third-order valence-corrected chi connectivity index (χ3v) is 4.35. The van der Waals surface area contributed by atoms with Gasteiger partial charge in [-0.15, -0.1) is 0 Å². The van der Waals surface area contributed by atoms with Crippen LogP contribution in [0.3, 0.4) is 0 Å². The summed E-state index contributed by atoms with van der Waals surface area (Å²) >= 11 is 0. The lowest BCUT2D eigenvalue weighted by Gasteiger charge is -2.42. The number of carboxylic acids is 5. The van der Waals surface area contributed by atoms with E-state index in [0.29, 0.717) is 0 Å². The van der Waals surface area contributed by atoms with Gasteiger partial charge >= 0.3 is 17.9 Å². The topological polar surface area (TPSA) is 202 Å². The highest BCUT2D eigenvalue weighted by Crippen LogP contribution is 2.25. The van der Waals surface area contributed by atoms with E-state index in [2.05, 4.69) is 0 Å². The van der Waals surface area contributed by atoms with Crippen LogP contribution in [0.25, 0.3) is 0 Å². The van der Waals surface area contributed by atoms with Crippen molar-refractivity contribution in [2.75, 3.05) is 52.4 Å². The Hall–Kier alpha value is -2.77. The highest BCUT2D eigenvalue weighted by molar-refractivity contribution is 5.72. The molecule has 178 valence electrons. The Labute approximate surface area is 179 Å². The Morgan fingerprint density at radius 1 is 0.710 bits per heavy atom. The molecule has 0 saturated heterocycles. The Kier molecular flexibility index (Phi) is 11.7. The summed E-state index contributed by atoms with van der Waals surface area (Å²) in [7, 11) is 0. The lowest BCUT2D eigenvalue weighted by atomic mass is 9.85. The van der Waals surface area contributed by atoms with Gasteiger partial charge in [-0.05, 0) is 5.41 Å². The maximum atomic E-state index is 11.3. The predicted molar refractivity (Wildman–Crippen MR) is 101 cm³/mol. The minimum Gasteiger partial charge on any atom is -0.549 e. The van der Waals surface area contributed by atoms with E-state index in [1.807, 2.05) is 0 Å². The molecular weight excluding hydrogens is 418 g/mol. The molecule has 31 heavy (non-hydrogen) atoms. The lowest BCUT2D eigenvalue weighted by Crippen LogP contribution is -2.56. The first-order valence-electron chi connectivity index (χ1n) is 9.35. The zero-order chi connectivity index (χ0) is 24.4. The van der Waals surface area contributed by atoms with E-state index in [-0.39, 0.29) is 19.6 Å². The molecular formula is C18H29N3O10-2. The van der Waals surface area contributed by atoms with Gasteiger partial charge in [-0.2, -0.15) is 0 Å². The fourth-order valence-electron chi connectivity index (χ4n) is 3.09. The van der Waals surface area contributed by atoms with Gasteiger partial charge in [0.2, 0.25) is 0 Å². The quantitative estimate of drug-likeness (QED) is 0.207. The van der Waals surface area contributed by atoms with Gasteiger partial charge in [-0.25, -0.2) is 0 Å². The minimum atomic E-state index is -1.50. The highest BCUT2D eigenvalue weighted by Gasteiger charge is 2.33. The van der Waals surface area contributed by atoms with Crippen molar-refractivity contribution in [2.45, 2.75) is 26.8 Å². The molecule has 0 aromatic rings. The molecule has 1 atom stereocenters. The second-order valence-electron chi connectivity index (χ2n) is 8.16. The van der Waals surface area contributed by atoms with E-state index in [1.54, 1.807) is 20.8 Å². The van der Waals surface area contributed by atoms with Crippen LogP contribution >= 0.6 is 0 Å². The fraction of sp³-hybridized carbons (Fsp3) is 0.722. The normalized spacial score (nSPS) is 12.8. The van der Waals surface area contributed by atoms with Crippen LogP contribution in [0, 0.1) is 5.41 Å². The van der Waals surface area contributed by atoms with Crippen molar-refractivity contribution in [3.05, 3.63) is 0 Å². The summed E-state index contributed by atoms with van der Waals surface area (Å²) < 4.78 is 0. The van der Waals surface area contributed by atoms with Crippen molar-refractivity contribution in [3.8, 4) is 0 Å². The zero-order valence-electron chi connectivity index (χ0n) is 17.8. The van der Waals surface area contributed by atoms with Gasteiger partial charge in [0.15, 0.2) is 0 Å². The molecule has 0 aromatic carbocycles. The second kappa shape index (κ2) is 12.8. The zero-order valence-corrected chi connectivity index (χ0v) is 17.8. The average Bonchev–Trinajstić information content (AvgIpc) is 2.52. The van der Waals surface area contributed by atoms with Gasteiger partial charge < -0.3 is 35.1 Å². The first-order chi connectivity index (χ1) is 14.1. The van der Waals surface area contributed by atoms with Gasteiger partial charge in [-0.1, -0.05) is 20.8 Å².